The molecule has 1 aromatic rings. The maximum Gasteiger partial charge on any atom is 0.343 e. The van der Waals surface area contributed by atoms with Crippen molar-refractivity contribution in [3.8, 4) is 0 Å². The fourth-order valence-electron chi connectivity index (χ4n) is 1.03. The molecule has 6 heteroatoms. The quantitative estimate of drug-likeness (QED) is 0.849. The van der Waals surface area contributed by atoms with Crippen molar-refractivity contribution in [2.24, 2.45) is 0 Å². The maximum atomic E-state index is 12.9. The van der Waals surface area contributed by atoms with Crippen LogP contribution < -0.4 is 0 Å². The summed E-state index contributed by atoms with van der Waals surface area (Å²) in [7, 11) is -3.34. The number of alkyl halides is 1. The van der Waals surface area contributed by atoms with Crippen LogP contribution in [0.5, 0.6) is 0 Å². The van der Waals surface area contributed by atoms with Crippen molar-refractivity contribution in [2.45, 2.75) is 11.1 Å². The van der Waals surface area contributed by atoms with Crippen molar-refractivity contribution in [2.75, 3.05) is 6.26 Å². The molecule has 0 aliphatic carbocycles. The van der Waals surface area contributed by atoms with E-state index in [1.54, 1.807) is 0 Å². The Bertz CT molecular complexity index is 463. The zero-order valence-electron chi connectivity index (χ0n) is 7.84. The third-order valence-corrected chi connectivity index (χ3v) is 2.95. The highest BCUT2D eigenvalue weighted by atomic mass is 32.2. The summed E-state index contributed by atoms with van der Waals surface area (Å²) in [6, 6.07) is 4.66. The highest BCUT2D eigenvalue weighted by Gasteiger charge is 2.18. The summed E-state index contributed by atoms with van der Waals surface area (Å²) in [5, 5.41) is 8.37. The third-order valence-electron chi connectivity index (χ3n) is 1.82. The number of hydrogen-bond acceptors (Lipinski definition) is 3. The van der Waals surface area contributed by atoms with Gasteiger partial charge in [-0.2, -0.15) is 0 Å². The molecule has 0 amide bonds. The van der Waals surface area contributed by atoms with Gasteiger partial charge in [0.05, 0.1) is 4.90 Å². The van der Waals surface area contributed by atoms with Gasteiger partial charge in [-0.25, -0.2) is 17.6 Å². The summed E-state index contributed by atoms with van der Waals surface area (Å²) in [6.45, 7) is 0. The van der Waals surface area contributed by atoms with E-state index in [0.29, 0.717) is 0 Å². The number of aliphatic carboxylic acids is 1. The maximum absolute atomic E-state index is 12.9. The average Bonchev–Trinajstić information content (AvgIpc) is 2.15. The first kappa shape index (κ1) is 11.6. The van der Waals surface area contributed by atoms with E-state index in [2.05, 4.69) is 0 Å². The zero-order chi connectivity index (χ0) is 11.6. The minimum absolute atomic E-state index is 0.0313. The van der Waals surface area contributed by atoms with Gasteiger partial charge >= 0.3 is 5.97 Å². The van der Waals surface area contributed by atoms with Crippen molar-refractivity contribution in [3.05, 3.63) is 29.8 Å². The van der Waals surface area contributed by atoms with Gasteiger partial charge < -0.3 is 5.11 Å². The molecule has 1 atom stereocenters. The van der Waals surface area contributed by atoms with E-state index < -0.39 is 22.0 Å². The van der Waals surface area contributed by atoms with E-state index in [4.69, 9.17) is 5.11 Å². The van der Waals surface area contributed by atoms with Gasteiger partial charge in [0.15, 0.2) is 9.84 Å². The molecule has 1 unspecified atom stereocenters. The molecule has 0 aliphatic heterocycles. The normalized spacial score (nSPS) is 13.5. The van der Waals surface area contributed by atoms with E-state index in [-0.39, 0.29) is 10.5 Å². The largest absolute Gasteiger partial charge is 0.479 e. The SMILES string of the molecule is CS(=O)(=O)c1ccc(C(F)C(=O)O)cc1. The molecule has 1 rings (SSSR count). The van der Waals surface area contributed by atoms with E-state index in [1.807, 2.05) is 0 Å². The molecule has 0 aliphatic rings. The lowest BCUT2D eigenvalue weighted by atomic mass is 10.1. The van der Waals surface area contributed by atoms with Gasteiger partial charge in [-0.15, -0.1) is 0 Å². The second kappa shape index (κ2) is 3.98. The van der Waals surface area contributed by atoms with Crippen LogP contribution in [0, 0.1) is 0 Å². The third kappa shape index (κ3) is 2.76. The van der Waals surface area contributed by atoms with Gasteiger partial charge in [0.1, 0.15) is 0 Å². The Balaban J connectivity index is 3.06. The second-order valence-electron chi connectivity index (χ2n) is 3.04. The Morgan fingerprint density at radius 3 is 2.13 bits per heavy atom. The number of carbonyl (C=O) groups is 1. The highest BCUT2D eigenvalue weighted by molar-refractivity contribution is 7.90. The molecule has 0 radical (unpaired) electrons. The van der Waals surface area contributed by atoms with E-state index in [1.165, 1.54) is 12.1 Å². The summed E-state index contributed by atoms with van der Waals surface area (Å²) in [5.74, 6) is -1.60. The van der Waals surface area contributed by atoms with Crippen LogP contribution in [0.2, 0.25) is 0 Å². The van der Waals surface area contributed by atoms with E-state index in [9.17, 15) is 17.6 Å². The average molecular weight is 232 g/mol. The highest BCUT2D eigenvalue weighted by Crippen LogP contribution is 2.19. The Kier molecular flexibility index (Phi) is 3.09. The number of benzene rings is 1. The smallest absolute Gasteiger partial charge is 0.343 e. The van der Waals surface area contributed by atoms with Gasteiger partial charge in [-0.3, -0.25) is 0 Å². The minimum Gasteiger partial charge on any atom is -0.479 e. The van der Waals surface area contributed by atoms with E-state index in [0.717, 1.165) is 18.4 Å². The Morgan fingerprint density at radius 2 is 1.80 bits per heavy atom. The molecule has 0 saturated heterocycles. The Hall–Kier alpha value is -1.43. The van der Waals surface area contributed by atoms with Gasteiger partial charge in [0, 0.05) is 6.26 Å². The number of halogens is 1. The van der Waals surface area contributed by atoms with Crippen LogP contribution in [0.25, 0.3) is 0 Å². The topological polar surface area (TPSA) is 71.4 Å². The molecule has 1 N–H and O–H groups in total. The predicted molar refractivity (Wildman–Crippen MR) is 51.0 cm³/mol. The minimum atomic E-state index is -3.34. The fraction of sp³-hybridized carbons (Fsp3) is 0.222. The first-order valence-electron chi connectivity index (χ1n) is 3.99. The number of hydrogen-bond donors (Lipinski definition) is 1. The summed E-state index contributed by atoms with van der Waals surface area (Å²) in [6.07, 6.45) is -1.11. The molecule has 0 aromatic heterocycles. The first-order valence-corrected chi connectivity index (χ1v) is 5.88. The molecule has 4 nitrogen and oxygen atoms in total. The van der Waals surface area contributed by atoms with Crippen LogP contribution in [-0.2, 0) is 14.6 Å². The van der Waals surface area contributed by atoms with Crippen molar-refractivity contribution < 1.29 is 22.7 Å². The molecule has 0 bridgehead atoms. The summed E-state index contributed by atoms with van der Waals surface area (Å²) in [4.78, 5) is 10.3. The van der Waals surface area contributed by atoms with Gasteiger partial charge in [-0.05, 0) is 17.7 Å². The monoisotopic (exact) mass is 232 g/mol. The van der Waals surface area contributed by atoms with E-state index >= 15 is 0 Å². The number of rotatable bonds is 3. The molecule has 0 spiro atoms. The van der Waals surface area contributed by atoms with Crippen LogP contribution in [0.1, 0.15) is 11.7 Å². The molecule has 0 heterocycles. The molecule has 1 aromatic carbocycles. The molecule has 0 fully saturated rings. The predicted octanol–water partition coefficient (Wildman–Crippen LogP) is 1.19. The summed E-state index contributed by atoms with van der Waals surface area (Å²) < 4.78 is 35.0. The van der Waals surface area contributed by atoms with Crippen molar-refractivity contribution >= 4 is 15.8 Å². The molecule has 0 saturated carbocycles. The lowest BCUT2D eigenvalue weighted by Gasteiger charge is -2.04. The molecular weight excluding hydrogens is 223 g/mol. The molecular formula is C9H9FO4S. The lowest BCUT2D eigenvalue weighted by molar-refractivity contribution is -0.143. The van der Waals surface area contributed by atoms with Crippen molar-refractivity contribution in [1.29, 1.82) is 0 Å². The van der Waals surface area contributed by atoms with Crippen molar-refractivity contribution in [3.63, 3.8) is 0 Å². The summed E-state index contributed by atoms with van der Waals surface area (Å²) in [5.41, 5.74) is -0.0742. The lowest BCUT2D eigenvalue weighted by Crippen LogP contribution is -2.06. The fourth-order valence-corrected chi connectivity index (χ4v) is 1.66. The van der Waals surface area contributed by atoms with Gasteiger partial charge in [-0.1, -0.05) is 12.1 Å². The van der Waals surface area contributed by atoms with Crippen LogP contribution in [0.15, 0.2) is 29.2 Å². The van der Waals surface area contributed by atoms with Crippen molar-refractivity contribution in [1.82, 2.24) is 0 Å². The second-order valence-corrected chi connectivity index (χ2v) is 5.06. The summed E-state index contributed by atoms with van der Waals surface area (Å²) >= 11 is 0. The molecule has 82 valence electrons. The van der Waals surface area contributed by atoms with Crippen LogP contribution in [0.3, 0.4) is 0 Å². The number of carboxylic acid groups (broad SMARTS) is 1. The zero-order valence-corrected chi connectivity index (χ0v) is 8.66. The van der Waals surface area contributed by atoms with Gasteiger partial charge in [0.2, 0.25) is 6.17 Å². The standard InChI is InChI=1S/C9H9FO4S/c1-15(13,14)7-4-2-6(3-5-7)8(10)9(11)12/h2-5,8H,1H3,(H,11,12). The first-order chi connectivity index (χ1) is 6.82. The van der Waals surface area contributed by atoms with Crippen LogP contribution in [-0.4, -0.2) is 25.7 Å². The van der Waals surface area contributed by atoms with Gasteiger partial charge in [0.25, 0.3) is 0 Å². The molecule has 15 heavy (non-hydrogen) atoms. The number of carboxylic acids is 1. The van der Waals surface area contributed by atoms with Crippen LogP contribution >= 0.6 is 0 Å². The number of sulfone groups is 1. The van der Waals surface area contributed by atoms with Crippen LogP contribution in [0.4, 0.5) is 4.39 Å². The Labute approximate surface area is 86.3 Å². The Morgan fingerprint density at radius 1 is 1.33 bits per heavy atom.